The molecule has 1 saturated heterocycles. The summed E-state index contributed by atoms with van der Waals surface area (Å²) >= 11 is 0. The first kappa shape index (κ1) is 12.2. The van der Waals surface area contributed by atoms with Gasteiger partial charge in [-0.2, -0.15) is 0 Å². The highest BCUT2D eigenvalue weighted by molar-refractivity contribution is 5.70. The van der Waals surface area contributed by atoms with E-state index in [2.05, 4.69) is 0 Å². The zero-order valence-corrected chi connectivity index (χ0v) is 11.2. The van der Waals surface area contributed by atoms with E-state index in [0.717, 1.165) is 23.7 Å². The van der Waals surface area contributed by atoms with Crippen LogP contribution in [-0.4, -0.2) is 30.6 Å². The van der Waals surface area contributed by atoms with Crippen molar-refractivity contribution in [2.45, 2.75) is 38.4 Å². The van der Waals surface area contributed by atoms with Crippen LogP contribution in [0.25, 0.3) is 0 Å². The minimum Gasteiger partial charge on any atom is -0.481 e. The summed E-state index contributed by atoms with van der Waals surface area (Å²) in [5.41, 5.74) is 0. The van der Waals surface area contributed by atoms with E-state index in [1.54, 1.807) is 0 Å². The second-order valence-corrected chi connectivity index (χ2v) is 7.08. The Morgan fingerprint density at radius 1 is 0.895 bits per heavy atom. The molecule has 106 valence electrons. The SMILES string of the molecule is O=C(O)C1COC(C2C3CC4CC(C3)CC2C4)OC1. The van der Waals surface area contributed by atoms with Crippen LogP contribution in [0, 0.1) is 35.5 Å². The molecule has 0 unspecified atom stereocenters. The molecule has 4 heteroatoms. The van der Waals surface area contributed by atoms with Crippen LogP contribution in [0.1, 0.15) is 32.1 Å². The van der Waals surface area contributed by atoms with Gasteiger partial charge in [0.25, 0.3) is 0 Å². The maximum Gasteiger partial charge on any atom is 0.311 e. The van der Waals surface area contributed by atoms with E-state index in [1.807, 2.05) is 0 Å². The molecule has 0 atom stereocenters. The van der Waals surface area contributed by atoms with Crippen LogP contribution < -0.4 is 0 Å². The monoisotopic (exact) mass is 266 g/mol. The average molecular weight is 266 g/mol. The lowest BCUT2D eigenvalue weighted by Gasteiger charge is -2.56. The van der Waals surface area contributed by atoms with Crippen LogP contribution in [0.2, 0.25) is 0 Å². The van der Waals surface area contributed by atoms with Gasteiger partial charge in [0.15, 0.2) is 6.29 Å². The van der Waals surface area contributed by atoms with Crippen molar-refractivity contribution < 1.29 is 19.4 Å². The first-order valence-corrected chi connectivity index (χ1v) is 7.66. The molecule has 19 heavy (non-hydrogen) atoms. The van der Waals surface area contributed by atoms with Gasteiger partial charge in [-0.15, -0.1) is 0 Å². The van der Waals surface area contributed by atoms with E-state index in [1.165, 1.54) is 32.1 Å². The Bertz CT molecular complexity index is 344. The van der Waals surface area contributed by atoms with Crippen LogP contribution in [0.4, 0.5) is 0 Å². The maximum atomic E-state index is 10.9. The van der Waals surface area contributed by atoms with E-state index in [-0.39, 0.29) is 6.29 Å². The summed E-state index contributed by atoms with van der Waals surface area (Å²) in [5, 5.41) is 8.98. The van der Waals surface area contributed by atoms with Crippen molar-refractivity contribution >= 4 is 5.97 Å². The summed E-state index contributed by atoms with van der Waals surface area (Å²) < 4.78 is 11.5. The summed E-state index contributed by atoms with van der Waals surface area (Å²) in [4.78, 5) is 10.9. The summed E-state index contributed by atoms with van der Waals surface area (Å²) in [6, 6.07) is 0. The van der Waals surface area contributed by atoms with Gasteiger partial charge in [-0.1, -0.05) is 0 Å². The predicted molar refractivity (Wildman–Crippen MR) is 67.4 cm³/mol. The van der Waals surface area contributed by atoms with E-state index < -0.39 is 11.9 Å². The highest BCUT2D eigenvalue weighted by Crippen LogP contribution is 2.58. The van der Waals surface area contributed by atoms with Crippen molar-refractivity contribution in [2.75, 3.05) is 13.2 Å². The molecule has 1 N–H and O–H groups in total. The van der Waals surface area contributed by atoms with Gasteiger partial charge in [0.1, 0.15) is 5.92 Å². The van der Waals surface area contributed by atoms with E-state index >= 15 is 0 Å². The second-order valence-electron chi connectivity index (χ2n) is 7.08. The van der Waals surface area contributed by atoms with E-state index in [9.17, 15) is 4.79 Å². The summed E-state index contributed by atoms with van der Waals surface area (Å²) in [7, 11) is 0. The van der Waals surface area contributed by atoms with Gasteiger partial charge in [0.05, 0.1) is 13.2 Å². The van der Waals surface area contributed by atoms with Crippen molar-refractivity contribution in [1.82, 2.24) is 0 Å². The Balaban J connectivity index is 1.44. The third-order valence-corrected chi connectivity index (χ3v) is 5.89. The standard InChI is InChI=1S/C15H22O4/c16-14(17)12-6-18-15(19-7-12)13-10-2-8-1-9(4-10)5-11(13)3-8/h8-13,15H,1-7H2,(H,16,17). The predicted octanol–water partition coefficient (Wildman–Crippen LogP) is 2.13. The fourth-order valence-corrected chi connectivity index (χ4v) is 5.29. The smallest absolute Gasteiger partial charge is 0.311 e. The van der Waals surface area contributed by atoms with Crippen molar-refractivity contribution in [3.8, 4) is 0 Å². The van der Waals surface area contributed by atoms with Crippen LogP contribution in [-0.2, 0) is 14.3 Å². The topological polar surface area (TPSA) is 55.8 Å². The number of carbonyl (C=O) groups is 1. The zero-order chi connectivity index (χ0) is 13.0. The molecule has 4 saturated carbocycles. The van der Waals surface area contributed by atoms with Gasteiger partial charge in [-0.3, -0.25) is 4.79 Å². The molecule has 0 aromatic heterocycles. The van der Waals surface area contributed by atoms with Crippen LogP contribution in [0.5, 0.6) is 0 Å². The molecule has 4 nitrogen and oxygen atoms in total. The van der Waals surface area contributed by atoms with Gasteiger partial charge >= 0.3 is 5.97 Å². The molecule has 5 aliphatic rings. The van der Waals surface area contributed by atoms with Gasteiger partial charge in [0.2, 0.25) is 0 Å². The first-order valence-electron chi connectivity index (χ1n) is 7.66. The minimum absolute atomic E-state index is 0.134. The lowest BCUT2D eigenvalue weighted by atomic mass is 9.51. The average Bonchev–Trinajstić information content (AvgIpc) is 2.38. The van der Waals surface area contributed by atoms with Crippen LogP contribution >= 0.6 is 0 Å². The Morgan fingerprint density at radius 3 is 1.89 bits per heavy atom. The number of carboxylic acids is 1. The molecule has 0 aromatic rings. The molecule has 4 bridgehead atoms. The fourth-order valence-electron chi connectivity index (χ4n) is 5.29. The molecule has 0 radical (unpaired) electrons. The molecular formula is C15H22O4. The summed E-state index contributed by atoms with van der Waals surface area (Å²) in [6.45, 7) is 0.644. The first-order chi connectivity index (χ1) is 9.20. The Labute approximate surface area is 113 Å². The number of rotatable bonds is 2. The second kappa shape index (κ2) is 4.45. The van der Waals surface area contributed by atoms with Gasteiger partial charge in [0, 0.05) is 5.92 Å². The highest BCUT2D eigenvalue weighted by atomic mass is 16.7. The zero-order valence-electron chi connectivity index (χ0n) is 11.2. The number of hydrogen-bond acceptors (Lipinski definition) is 3. The maximum absolute atomic E-state index is 10.9. The largest absolute Gasteiger partial charge is 0.481 e. The lowest BCUT2D eigenvalue weighted by Crippen LogP contribution is -2.52. The van der Waals surface area contributed by atoms with Crippen molar-refractivity contribution in [2.24, 2.45) is 35.5 Å². The molecular weight excluding hydrogens is 244 g/mol. The molecule has 0 amide bonds. The lowest BCUT2D eigenvalue weighted by molar-refractivity contribution is -0.259. The quantitative estimate of drug-likeness (QED) is 0.832. The number of aliphatic carboxylic acids is 1. The molecule has 4 aliphatic carbocycles. The Hall–Kier alpha value is -0.610. The van der Waals surface area contributed by atoms with Gasteiger partial charge in [-0.25, -0.2) is 0 Å². The molecule has 0 aromatic carbocycles. The Morgan fingerprint density at radius 2 is 1.42 bits per heavy atom. The minimum atomic E-state index is -0.802. The summed E-state index contributed by atoms with van der Waals surface area (Å²) in [6.07, 6.45) is 6.72. The molecule has 5 rings (SSSR count). The third-order valence-electron chi connectivity index (χ3n) is 5.89. The van der Waals surface area contributed by atoms with Crippen molar-refractivity contribution in [3.63, 3.8) is 0 Å². The number of ether oxygens (including phenoxy) is 2. The van der Waals surface area contributed by atoms with Crippen LogP contribution in [0.15, 0.2) is 0 Å². The van der Waals surface area contributed by atoms with Gasteiger partial charge < -0.3 is 14.6 Å². The molecule has 1 heterocycles. The third kappa shape index (κ3) is 2.00. The molecule has 0 spiro atoms. The van der Waals surface area contributed by atoms with Crippen molar-refractivity contribution in [3.05, 3.63) is 0 Å². The van der Waals surface area contributed by atoms with Gasteiger partial charge in [-0.05, 0) is 55.8 Å². The number of hydrogen-bond donors (Lipinski definition) is 1. The van der Waals surface area contributed by atoms with E-state index in [4.69, 9.17) is 14.6 Å². The molecule has 5 fully saturated rings. The highest BCUT2D eigenvalue weighted by Gasteiger charge is 2.52. The van der Waals surface area contributed by atoms with Crippen molar-refractivity contribution in [1.29, 1.82) is 0 Å². The number of carboxylic acid groups (broad SMARTS) is 1. The Kier molecular flexibility index (Phi) is 2.85. The van der Waals surface area contributed by atoms with Crippen LogP contribution in [0.3, 0.4) is 0 Å². The van der Waals surface area contributed by atoms with E-state index in [0.29, 0.717) is 19.1 Å². The summed E-state index contributed by atoms with van der Waals surface area (Å²) in [5.74, 6) is 2.69. The molecule has 1 aliphatic heterocycles. The fraction of sp³-hybridized carbons (Fsp3) is 0.933. The normalized spacial score (nSPS) is 52.3.